The molecule has 0 radical (unpaired) electrons. The monoisotopic (exact) mass is 455 g/mol. The van der Waals surface area contributed by atoms with Gasteiger partial charge in [-0.15, -0.1) is 0 Å². The Kier molecular flexibility index (Phi) is 6.81. The van der Waals surface area contributed by atoms with Crippen molar-refractivity contribution in [2.75, 3.05) is 0 Å². The highest BCUT2D eigenvalue weighted by molar-refractivity contribution is 9.11. The first-order valence-corrected chi connectivity index (χ1v) is 8.68. The quantitative estimate of drug-likeness (QED) is 0.685. The zero-order chi connectivity index (χ0) is 17.5. The smallest absolute Gasteiger partial charge is 0.408 e. The molecule has 0 aliphatic carbocycles. The van der Waals surface area contributed by atoms with Crippen molar-refractivity contribution in [3.05, 3.63) is 68.6 Å². The zero-order valence-corrected chi connectivity index (χ0v) is 15.7. The summed E-state index contributed by atoms with van der Waals surface area (Å²) in [7, 11) is 0. The zero-order valence-electron chi connectivity index (χ0n) is 12.5. The van der Waals surface area contributed by atoms with E-state index in [9.17, 15) is 14.7 Å². The summed E-state index contributed by atoms with van der Waals surface area (Å²) in [5, 5.41) is 11.7. The number of ether oxygens (including phenoxy) is 1. The van der Waals surface area contributed by atoms with Crippen molar-refractivity contribution >= 4 is 43.9 Å². The van der Waals surface area contributed by atoms with Gasteiger partial charge in [-0.2, -0.15) is 0 Å². The maximum absolute atomic E-state index is 11.8. The maximum atomic E-state index is 11.8. The van der Waals surface area contributed by atoms with Crippen LogP contribution < -0.4 is 5.32 Å². The molecule has 2 rings (SSSR count). The fraction of sp³-hybridized carbons (Fsp3) is 0.176. The SMILES string of the molecule is O=C(NC(Cc1ccc(Br)cc1Br)C(=O)O)OCc1ccccc1. The van der Waals surface area contributed by atoms with Crippen LogP contribution in [-0.4, -0.2) is 23.2 Å². The molecule has 1 atom stereocenters. The third-order valence-corrected chi connectivity index (χ3v) is 4.47. The number of alkyl carbamates (subject to hydrolysis) is 1. The third kappa shape index (κ3) is 5.65. The van der Waals surface area contributed by atoms with E-state index >= 15 is 0 Å². The Hall–Kier alpha value is -1.86. The van der Waals surface area contributed by atoms with Gasteiger partial charge in [0, 0.05) is 15.4 Å². The van der Waals surface area contributed by atoms with E-state index in [0.29, 0.717) is 0 Å². The normalized spacial score (nSPS) is 11.6. The van der Waals surface area contributed by atoms with Crippen LogP contribution in [0.2, 0.25) is 0 Å². The van der Waals surface area contributed by atoms with Gasteiger partial charge in [0.15, 0.2) is 0 Å². The largest absolute Gasteiger partial charge is 0.480 e. The van der Waals surface area contributed by atoms with Crippen LogP contribution in [0.15, 0.2) is 57.5 Å². The molecule has 0 fully saturated rings. The molecule has 0 heterocycles. The van der Waals surface area contributed by atoms with Crippen molar-refractivity contribution < 1.29 is 19.4 Å². The van der Waals surface area contributed by atoms with E-state index in [4.69, 9.17) is 4.74 Å². The topological polar surface area (TPSA) is 75.6 Å². The van der Waals surface area contributed by atoms with Gasteiger partial charge in [0.2, 0.25) is 0 Å². The first-order chi connectivity index (χ1) is 11.5. The summed E-state index contributed by atoms with van der Waals surface area (Å²) in [6, 6.07) is 13.5. The molecule has 0 aromatic heterocycles. The van der Waals surface area contributed by atoms with E-state index < -0.39 is 18.1 Å². The second-order valence-electron chi connectivity index (χ2n) is 5.04. The van der Waals surface area contributed by atoms with Crippen LogP contribution in [0, 0.1) is 0 Å². The molecule has 0 aliphatic heterocycles. The van der Waals surface area contributed by atoms with Gasteiger partial charge in [-0.25, -0.2) is 9.59 Å². The highest BCUT2D eigenvalue weighted by Crippen LogP contribution is 2.23. The molecular formula is C17H15Br2NO4. The van der Waals surface area contributed by atoms with Crippen molar-refractivity contribution in [2.24, 2.45) is 0 Å². The lowest BCUT2D eigenvalue weighted by Gasteiger charge is -2.15. The summed E-state index contributed by atoms with van der Waals surface area (Å²) < 4.78 is 6.70. The minimum atomic E-state index is -1.12. The molecule has 5 nitrogen and oxygen atoms in total. The first kappa shape index (κ1) is 18.5. The highest BCUT2D eigenvalue weighted by Gasteiger charge is 2.22. The fourth-order valence-corrected chi connectivity index (χ4v) is 3.22. The Balaban J connectivity index is 1.95. The van der Waals surface area contributed by atoms with Crippen LogP contribution in [0.4, 0.5) is 4.79 Å². The van der Waals surface area contributed by atoms with E-state index in [1.54, 1.807) is 6.07 Å². The van der Waals surface area contributed by atoms with Gasteiger partial charge in [-0.1, -0.05) is 68.3 Å². The lowest BCUT2D eigenvalue weighted by Crippen LogP contribution is -2.42. The number of aliphatic carboxylic acids is 1. The molecule has 7 heteroatoms. The molecule has 1 amide bonds. The highest BCUT2D eigenvalue weighted by atomic mass is 79.9. The third-order valence-electron chi connectivity index (χ3n) is 3.24. The lowest BCUT2D eigenvalue weighted by atomic mass is 10.1. The Morgan fingerprint density at radius 1 is 1.12 bits per heavy atom. The number of carboxylic acids is 1. The molecular weight excluding hydrogens is 442 g/mol. The van der Waals surface area contributed by atoms with Gasteiger partial charge in [-0.3, -0.25) is 0 Å². The van der Waals surface area contributed by atoms with Crippen LogP contribution in [0.1, 0.15) is 11.1 Å². The Morgan fingerprint density at radius 3 is 2.46 bits per heavy atom. The van der Waals surface area contributed by atoms with Crippen molar-refractivity contribution in [3.63, 3.8) is 0 Å². The number of carboxylic acid groups (broad SMARTS) is 1. The summed E-state index contributed by atoms with van der Waals surface area (Å²) in [6.07, 6.45) is -0.622. The lowest BCUT2D eigenvalue weighted by molar-refractivity contribution is -0.139. The average molecular weight is 457 g/mol. The maximum Gasteiger partial charge on any atom is 0.408 e. The summed E-state index contributed by atoms with van der Waals surface area (Å²) in [5.41, 5.74) is 1.60. The molecule has 0 aliphatic rings. The molecule has 2 aromatic rings. The van der Waals surface area contributed by atoms with Crippen LogP contribution in [0.5, 0.6) is 0 Å². The van der Waals surface area contributed by atoms with E-state index in [1.165, 1.54) is 0 Å². The number of amides is 1. The van der Waals surface area contributed by atoms with Crippen molar-refractivity contribution in [1.29, 1.82) is 0 Å². The number of halogens is 2. The number of nitrogens with one attached hydrogen (secondary N) is 1. The number of hydrogen-bond donors (Lipinski definition) is 2. The average Bonchev–Trinajstić information content (AvgIpc) is 2.55. The van der Waals surface area contributed by atoms with Gasteiger partial charge in [0.25, 0.3) is 0 Å². The molecule has 2 aromatic carbocycles. The Bertz CT molecular complexity index is 722. The van der Waals surface area contributed by atoms with E-state index in [1.807, 2.05) is 42.5 Å². The van der Waals surface area contributed by atoms with Crippen LogP contribution in [0.3, 0.4) is 0 Å². The number of carbonyl (C=O) groups excluding carboxylic acids is 1. The minimum Gasteiger partial charge on any atom is -0.480 e. The molecule has 126 valence electrons. The van der Waals surface area contributed by atoms with Gasteiger partial charge >= 0.3 is 12.1 Å². The van der Waals surface area contributed by atoms with Crippen LogP contribution >= 0.6 is 31.9 Å². The molecule has 0 saturated heterocycles. The molecule has 0 spiro atoms. The van der Waals surface area contributed by atoms with Crippen molar-refractivity contribution in [3.8, 4) is 0 Å². The molecule has 0 bridgehead atoms. The summed E-state index contributed by atoms with van der Waals surface area (Å²) in [6.45, 7) is 0.0843. The number of rotatable bonds is 6. The van der Waals surface area contributed by atoms with E-state index in [0.717, 1.165) is 20.1 Å². The summed E-state index contributed by atoms with van der Waals surface area (Å²) >= 11 is 6.72. The molecule has 0 saturated carbocycles. The Morgan fingerprint density at radius 2 is 1.83 bits per heavy atom. The second-order valence-corrected chi connectivity index (χ2v) is 6.81. The molecule has 1 unspecified atom stereocenters. The van der Waals surface area contributed by atoms with Gasteiger partial charge in [0.1, 0.15) is 12.6 Å². The summed E-state index contributed by atoms with van der Waals surface area (Å²) in [4.78, 5) is 23.2. The van der Waals surface area contributed by atoms with E-state index in [2.05, 4.69) is 37.2 Å². The van der Waals surface area contributed by atoms with E-state index in [-0.39, 0.29) is 13.0 Å². The minimum absolute atomic E-state index is 0.0843. The van der Waals surface area contributed by atoms with Gasteiger partial charge in [-0.05, 0) is 23.3 Å². The molecule has 24 heavy (non-hydrogen) atoms. The second kappa shape index (κ2) is 8.84. The predicted octanol–water partition coefficient (Wildman–Crippen LogP) is 4.13. The number of carbonyl (C=O) groups is 2. The predicted molar refractivity (Wildman–Crippen MR) is 96.7 cm³/mol. The van der Waals surface area contributed by atoms with Gasteiger partial charge in [0.05, 0.1) is 0 Å². The number of hydrogen-bond acceptors (Lipinski definition) is 3. The Labute approximate surface area is 156 Å². The standard InChI is InChI=1S/C17H15Br2NO4/c18-13-7-6-12(14(19)9-13)8-15(16(21)22)20-17(23)24-10-11-4-2-1-3-5-11/h1-7,9,15H,8,10H2,(H,20,23)(H,21,22). The van der Waals surface area contributed by atoms with Crippen LogP contribution in [0.25, 0.3) is 0 Å². The van der Waals surface area contributed by atoms with Crippen molar-refractivity contribution in [1.82, 2.24) is 5.32 Å². The number of benzene rings is 2. The first-order valence-electron chi connectivity index (χ1n) is 7.09. The van der Waals surface area contributed by atoms with Crippen LogP contribution in [-0.2, 0) is 22.6 Å². The molecule has 2 N–H and O–H groups in total. The fourth-order valence-electron chi connectivity index (χ4n) is 2.01. The van der Waals surface area contributed by atoms with Crippen molar-refractivity contribution in [2.45, 2.75) is 19.1 Å². The van der Waals surface area contributed by atoms with Gasteiger partial charge < -0.3 is 15.2 Å². The summed E-state index contributed by atoms with van der Waals surface area (Å²) in [5.74, 6) is -1.12.